The van der Waals surface area contributed by atoms with Crippen LogP contribution in [0.4, 0.5) is 5.69 Å². The molecule has 146 valence electrons. The maximum atomic E-state index is 12.5. The zero-order chi connectivity index (χ0) is 20.3. The van der Waals surface area contributed by atoms with Gasteiger partial charge in [-0.2, -0.15) is 0 Å². The number of nitrogens with zero attached hydrogens (tertiary/aromatic N) is 3. The number of carbonyl (C=O) groups is 1. The fourth-order valence-corrected chi connectivity index (χ4v) is 4.15. The molecular weight excluding hydrogens is 462 g/mol. The van der Waals surface area contributed by atoms with Gasteiger partial charge < -0.3 is 11.2 Å². The number of benzene rings is 2. The Morgan fingerprint density at radius 1 is 1.29 bits per heavy atom. The van der Waals surface area contributed by atoms with Crippen molar-refractivity contribution in [3.63, 3.8) is 0 Å². The van der Waals surface area contributed by atoms with Gasteiger partial charge in [-0.25, -0.2) is 4.68 Å². The highest BCUT2D eigenvalue weighted by Crippen LogP contribution is 2.27. The first-order valence-electron chi connectivity index (χ1n) is 8.57. The lowest BCUT2D eigenvalue weighted by Crippen LogP contribution is -2.18. The molecule has 0 saturated carbocycles. The zero-order valence-electron chi connectivity index (χ0n) is 15.4. The summed E-state index contributed by atoms with van der Waals surface area (Å²) < 4.78 is 2.38. The number of anilines is 1. The van der Waals surface area contributed by atoms with Crippen LogP contribution in [0.2, 0.25) is 5.02 Å². The molecule has 2 aromatic carbocycles. The first-order valence-corrected chi connectivity index (χ1v) is 10.7. The van der Waals surface area contributed by atoms with E-state index in [1.54, 1.807) is 12.1 Å². The molecule has 1 amide bonds. The number of carbonyl (C=O) groups excluding carboxylic acids is 1. The minimum atomic E-state index is -0.124. The summed E-state index contributed by atoms with van der Waals surface area (Å²) in [5.41, 5.74) is 3.75. The number of hydrogen-bond acceptors (Lipinski definition) is 5. The number of nitrogens with one attached hydrogen (secondary N) is 1. The number of nitrogens with two attached hydrogens (primary N) is 1. The van der Waals surface area contributed by atoms with Crippen LogP contribution in [-0.4, -0.2) is 26.5 Å². The molecular formula is C19H19BrClN5OS. The van der Waals surface area contributed by atoms with Gasteiger partial charge in [-0.15, -0.1) is 10.2 Å². The summed E-state index contributed by atoms with van der Waals surface area (Å²) in [5, 5.41) is 12.3. The Kier molecular flexibility index (Phi) is 6.64. The monoisotopic (exact) mass is 479 g/mol. The molecule has 9 heteroatoms. The van der Waals surface area contributed by atoms with Crippen molar-refractivity contribution in [2.45, 2.75) is 25.4 Å². The second kappa shape index (κ2) is 8.98. The summed E-state index contributed by atoms with van der Waals surface area (Å²) in [6.45, 7) is 4.03. The van der Waals surface area contributed by atoms with Crippen LogP contribution in [0.1, 0.15) is 18.1 Å². The smallest absolute Gasteiger partial charge is 0.234 e. The molecule has 6 nitrogen and oxygen atoms in total. The number of nitrogen functional groups attached to an aromatic ring is 1. The van der Waals surface area contributed by atoms with Crippen molar-refractivity contribution < 1.29 is 4.79 Å². The van der Waals surface area contributed by atoms with Crippen LogP contribution in [-0.2, 0) is 11.2 Å². The lowest BCUT2D eigenvalue weighted by molar-refractivity contribution is -0.113. The van der Waals surface area contributed by atoms with Gasteiger partial charge in [0.05, 0.1) is 5.75 Å². The van der Waals surface area contributed by atoms with Gasteiger partial charge in [-0.1, -0.05) is 46.2 Å². The summed E-state index contributed by atoms with van der Waals surface area (Å²) in [5.74, 6) is 6.66. The van der Waals surface area contributed by atoms with Crippen molar-refractivity contribution in [1.82, 2.24) is 14.9 Å². The predicted octanol–water partition coefficient (Wildman–Crippen LogP) is 4.68. The van der Waals surface area contributed by atoms with Crippen LogP contribution >= 0.6 is 39.3 Å². The molecule has 1 aromatic heterocycles. The van der Waals surface area contributed by atoms with Crippen LogP contribution in [0.3, 0.4) is 0 Å². The van der Waals surface area contributed by atoms with Crippen molar-refractivity contribution in [3.8, 4) is 11.4 Å². The Bertz CT molecular complexity index is 1010. The third-order valence-electron chi connectivity index (χ3n) is 4.13. The third kappa shape index (κ3) is 4.68. The van der Waals surface area contributed by atoms with Crippen LogP contribution < -0.4 is 11.2 Å². The molecule has 0 radical (unpaired) electrons. The van der Waals surface area contributed by atoms with E-state index in [0.717, 1.165) is 33.3 Å². The second-order valence-electron chi connectivity index (χ2n) is 6.13. The Labute approximate surface area is 181 Å². The molecule has 0 saturated heterocycles. The highest BCUT2D eigenvalue weighted by atomic mass is 79.9. The summed E-state index contributed by atoms with van der Waals surface area (Å²) in [4.78, 5) is 12.5. The number of thioether (sulfide) groups is 1. The number of rotatable bonds is 6. The number of halogens is 2. The first kappa shape index (κ1) is 20.7. The van der Waals surface area contributed by atoms with Crippen LogP contribution in [0.25, 0.3) is 11.4 Å². The average Bonchev–Trinajstić information content (AvgIpc) is 3.03. The molecule has 28 heavy (non-hydrogen) atoms. The minimum absolute atomic E-state index is 0.124. The molecule has 3 aromatic rings. The lowest BCUT2D eigenvalue weighted by Gasteiger charge is -2.13. The van der Waals surface area contributed by atoms with E-state index >= 15 is 0 Å². The fraction of sp³-hybridized carbons (Fsp3) is 0.211. The largest absolute Gasteiger partial charge is 0.335 e. The van der Waals surface area contributed by atoms with Gasteiger partial charge in [0, 0.05) is 20.7 Å². The molecule has 3 N–H and O–H groups in total. The summed E-state index contributed by atoms with van der Waals surface area (Å²) in [6, 6.07) is 11.2. The predicted molar refractivity (Wildman–Crippen MR) is 118 cm³/mol. The van der Waals surface area contributed by atoms with Crippen molar-refractivity contribution in [3.05, 3.63) is 57.0 Å². The Hall–Kier alpha value is -2.03. The highest BCUT2D eigenvalue weighted by molar-refractivity contribution is 9.10. The number of hydrogen-bond donors (Lipinski definition) is 2. The van der Waals surface area contributed by atoms with Gasteiger partial charge in [0.1, 0.15) is 0 Å². The first-order chi connectivity index (χ1) is 13.4. The van der Waals surface area contributed by atoms with Gasteiger partial charge in [-0.3, -0.25) is 4.79 Å². The molecule has 0 fully saturated rings. The van der Waals surface area contributed by atoms with Gasteiger partial charge in [0.25, 0.3) is 0 Å². The summed E-state index contributed by atoms with van der Waals surface area (Å²) in [7, 11) is 0. The van der Waals surface area contributed by atoms with Crippen molar-refractivity contribution in [1.29, 1.82) is 0 Å². The molecule has 0 unspecified atom stereocenters. The van der Waals surface area contributed by atoms with Crippen LogP contribution in [0.5, 0.6) is 0 Å². The molecule has 0 bridgehead atoms. The van der Waals surface area contributed by atoms with E-state index in [4.69, 9.17) is 17.4 Å². The van der Waals surface area contributed by atoms with Gasteiger partial charge in [0.15, 0.2) is 5.82 Å². The third-order valence-corrected chi connectivity index (χ3v) is 5.78. The quantitative estimate of drug-likeness (QED) is 0.395. The second-order valence-corrected chi connectivity index (χ2v) is 8.42. The van der Waals surface area contributed by atoms with E-state index in [9.17, 15) is 4.79 Å². The Balaban J connectivity index is 1.68. The number of aryl methyl sites for hydroxylation is 2. The standard InChI is InChI=1S/C19H19BrClN5OS/c1-3-12-9-14(20)8-11(2)17(12)23-16(27)10-28-19-25-24-18(26(19)22)13-4-6-15(21)7-5-13/h4-9H,3,10,22H2,1-2H3,(H,23,27). The normalized spacial score (nSPS) is 10.9. The summed E-state index contributed by atoms with van der Waals surface area (Å²) >= 11 is 10.6. The van der Waals surface area contributed by atoms with E-state index in [-0.39, 0.29) is 11.7 Å². The number of amides is 1. The molecule has 0 spiro atoms. The van der Waals surface area contributed by atoms with E-state index in [1.807, 2.05) is 31.2 Å². The fourth-order valence-electron chi connectivity index (χ4n) is 2.75. The Morgan fingerprint density at radius 3 is 2.68 bits per heavy atom. The van der Waals surface area contributed by atoms with E-state index in [2.05, 4.69) is 38.4 Å². The van der Waals surface area contributed by atoms with Crippen molar-refractivity contribution in [2.24, 2.45) is 0 Å². The van der Waals surface area contributed by atoms with Crippen molar-refractivity contribution in [2.75, 3.05) is 16.9 Å². The summed E-state index contributed by atoms with van der Waals surface area (Å²) in [6.07, 6.45) is 0.824. The molecule has 3 rings (SSSR count). The zero-order valence-corrected chi connectivity index (χ0v) is 18.5. The number of aromatic nitrogens is 3. The topological polar surface area (TPSA) is 85.8 Å². The SMILES string of the molecule is CCc1cc(Br)cc(C)c1NC(=O)CSc1nnc(-c2ccc(Cl)cc2)n1N. The van der Waals surface area contributed by atoms with Crippen LogP contribution in [0, 0.1) is 6.92 Å². The van der Waals surface area contributed by atoms with Gasteiger partial charge >= 0.3 is 0 Å². The van der Waals surface area contributed by atoms with E-state index in [0.29, 0.717) is 16.0 Å². The molecule has 0 aliphatic rings. The highest BCUT2D eigenvalue weighted by Gasteiger charge is 2.15. The molecule has 0 aliphatic carbocycles. The Morgan fingerprint density at radius 2 is 2.00 bits per heavy atom. The maximum absolute atomic E-state index is 12.5. The molecule has 0 aliphatic heterocycles. The molecule has 1 heterocycles. The minimum Gasteiger partial charge on any atom is -0.335 e. The molecule has 0 atom stereocenters. The van der Waals surface area contributed by atoms with Crippen LogP contribution in [0.15, 0.2) is 46.0 Å². The van der Waals surface area contributed by atoms with E-state index in [1.165, 1.54) is 16.4 Å². The lowest BCUT2D eigenvalue weighted by atomic mass is 10.1. The maximum Gasteiger partial charge on any atom is 0.234 e. The van der Waals surface area contributed by atoms with Gasteiger partial charge in [-0.05, 0) is 60.9 Å². The van der Waals surface area contributed by atoms with Crippen molar-refractivity contribution >= 4 is 50.9 Å². The van der Waals surface area contributed by atoms with Gasteiger partial charge in [0.2, 0.25) is 11.1 Å². The average molecular weight is 481 g/mol. The van der Waals surface area contributed by atoms with E-state index < -0.39 is 0 Å².